The van der Waals surface area contributed by atoms with E-state index in [0.29, 0.717) is 28.1 Å². The SMILES string of the molecule is CN(C)c1ccc(NC(=O)c2cccc(N3C(=O)c4ccccc4C3=O)c2)cc1. The van der Waals surface area contributed by atoms with Crippen LogP contribution >= 0.6 is 0 Å². The highest BCUT2D eigenvalue weighted by Gasteiger charge is 2.36. The van der Waals surface area contributed by atoms with E-state index in [2.05, 4.69) is 5.32 Å². The van der Waals surface area contributed by atoms with E-state index in [1.54, 1.807) is 48.5 Å². The summed E-state index contributed by atoms with van der Waals surface area (Å²) in [6.45, 7) is 0. The quantitative estimate of drug-likeness (QED) is 0.694. The van der Waals surface area contributed by atoms with E-state index in [9.17, 15) is 14.4 Å². The zero-order valence-electron chi connectivity index (χ0n) is 16.0. The lowest BCUT2D eigenvalue weighted by atomic mass is 10.1. The lowest BCUT2D eigenvalue weighted by Gasteiger charge is -2.15. The van der Waals surface area contributed by atoms with Crippen LogP contribution in [0.2, 0.25) is 0 Å². The van der Waals surface area contributed by atoms with Crippen LogP contribution in [0.15, 0.2) is 72.8 Å². The van der Waals surface area contributed by atoms with Crippen LogP contribution in [0, 0.1) is 0 Å². The molecule has 1 aliphatic heterocycles. The number of carbonyl (C=O) groups is 3. The lowest BCUT2D eigenvalue weighted by molar-refractivity contribution is 0.0924. The molecule has 3 amide bonds. The van der Waals surface area contributed by atoms with Crippen LogP contribution in [-0.2, 0) is 0 Å². The Balaban J connectivity index is 1.57. The van der Waals surface area contributed by atoms with Crippen LogP contribution in [0.4, 0.5) is 17.1 Å². The number of fused-ring (bicyclic) bond motifs is 1. The first-order valence-corrected chi connectivity index (χ1v) is 9.12. The fourth-order valence-corrected chi connectivity index (χ4v) is 3.26. The van der Waals surface area contributed by atoms with Crippen molar-refractivity contribution >= 4 is 34.8 Å². The third-order valence-corrected chi connectivity index (χ3v) is 4.80. The maximum absolute atomic E-state index is 12.7. The Morgan fingerprint density at radius 3 is 2.03 bits per heavy atom. The summed E-state index contributed by atoms with van der Waals surface area (Å²) in [4.78, 5) is 41.1. The van der Waals surface area contributed by atoms with Gasteiger partial charge in [0.2, 0.25) is 0 Å². The summed E-state index contributed by atoms with van der Waals surface area (Å²) in [5.74, 6) is -1.09. The summed E-state index contributed by atoms with van der Waals surface area (Å²) >= 11 is 0. The minimum Gasteiger partial charge on any atom is -0.378 e. The lowest BCUT2D eigenvalue weighted by Crippen LogP contribution is -2.29. The molecule has 1 heterocycles. The molecule has 0 atom stereocenters. The molecule has 0 radical (unpaired) electrons. The van der Waals surface area contributed by atoms with Gasteiger partial charge in [-0.05, 0) is 54.6 Å². The topological polar surface area (TPSA) is 69.7 Å². The maximum Gasteiger partial charge on any atom is 0.266 e. The average Bonchev–Trinajstić information content (AvgIpc) is 2.99. The molecule has 0 saturated carbocycles. The van der Waals surface area contributed by atoms with Gasteiger partial charge in [0.05, 0.1) is 16.8 Å². The predicted molar refractivity (Wildman–Crippen MR) is 113 cm³/mol. The van der Waals surface area contributed by atoms with Gasteiger partial charge in [0.1, 0.15) is 0 Å². The van der Waals surface area contributed by atoms with Crippen LogP contribution in [0.3, 0.4) is 0 Å². The highest BCUT2D eigenvalue weighted by atomic mass is 16.2. The van der Waals surface area contributed by atoms with E-state index in [1.807, 2.05) is 43.3 Å². The standard InChI is InChI=1S/C23H19N3O3/c1-25(2)17-12-10-16(11-13-17)24-21(27)15-6-5-7-18(14-15)26-22(28)19-8-3-4-9-20(19)23(26)29/h3-14H,1-2H3,(H,24,27). The molecular weight excluding hydrogens is 366 g/mol. The molecule has 29 heavy (non-hydrogen) atoms. The molecule has 0 saturated heterocycles. The first kappa shape index (κ1) is 18.4. The first-order valence-electron chi connectivity index (χ1n) is 9.12. The second kappa shape index (κ2) is 7.24. The van der Waals surface area contributed by atoms with Gasteiger partial charge in [-0.1, -0.05) is 18.2 Å². The van der Waals surface area contributed by atoms with E-state index in [-0.39, 0.29) is 17.7 Å². The number of anilines is 3. The van der Waals surface area contributed by atoms with Gasteiger partial charge in [0.25, 0.3) is 17.7 Å². The Bertz CT molecular complexity index is 1090. The third-order valence-electron chi connectivity index (χ3n) is 4.80. The zero-order chi connectivity index (χ0) is 20.5. The summed E-state index contributed by atoms with van der Waals surface area (Å²) in [6.07, 6.45) is 0. The Labute approximate surface area is 168 Å². The van der Waals surface area contributed by atoms with Gasteiger partial charge in [0, 0.05) is 31.0 Å². The Morgan fingerprint density at radius 2 is 1.45 bits per heavy atom. The number of nitrogens with zero attached hydrogens (tertiary/aromatic N) is 2. The fraction of sp³-hybridized carbons (Fsp3) is 0.0870. The molecule has 3 aromatic carbocycles. The van der Waals surface area contributed by atoms with E-state index in [1.165, 1.54) is 0 Å². The maximum atomic E-state index is 12.7. The first-order chi connectivity index (χ1) is 14.0. The highest BCUT2D eigenvalue weighted by Crippen LogP contribution is 2.29. The Morgan fingerprint density at radius 1 is 0.828 bits per heavy atom. The number of imide groups is 1. The van der Waals surface area contributed by atoms with Crippen molar-refractivity contribution in [3.63, 3.8) is 0 Å². The van der Waals surface area contributed by atoms with Crippen molar-refractivity contribution < 1.29 is 14.4 Å². The largest absolute Gasteiger partial charge is 0.378 e. The number of amides is 3. The monoisotopic (exact) mass is 385 g/mol. The summed E-state index contributed by atoms with van der Waals surface area (Å²) in [7, 11) is 3.89. The van der Waals surface area contributed by atoms with Gasteiger partial charge in [-0.2, -0.15) is 0 Å². The second-order valence-electron chi connectivity index (χ2n) is 6.94. The normalized spacial score (nSPS) is 12.7. The van der Waals surface area contributed by atoms with Crippen molar-refractivity contribution in [1.82, 2.24) is 0 Å². The van der Waals surface area contributed by atoms with Gasteiger partial charge in [-0.3, -0.25) is 14.4 Å². The van der Waals surface area contributed by atoms with Crippen LogP contribution in [0.5, 0.6) is 0 Å². The van der Waals surface area contributed by atoms with E-state index < -0.39 is 0 Å². The van der Waals surface area contributed by atoms with E-state index in [4.69, 9.17) is 0 Å². The van der Waals surface area contributed by atoms with Gasteiger partial charge < -0.3 is 10.2 Å². The molecule has 1 N–H and O–H groups in total. The molecule has 6 heteroatoms. The summed E-state index contributed by atoms with van der Waals surface area (Å²) in [5, 5.41) is 2.84. The number of benzene rings is 3. The number of carbonyl (C=O) groups excluding carboxylic acids is 3. The van der Waals surface area contributed by atoms with Crippen molar-refractivity contribution in [1.29, 1.82) is 0 Å². The van der Waals surface area contributed by atoms with Gasteiger partial charge in [-0.25, -0.2) is 4.90 Å². The molecule has 4 rings (SSSR count). The molecule has 0 aliphatic carbocycles. The average molecular weight is 385 g/mol. The van der Waals surface area contributed by atoms with Gasteiger partial charge in [0.15, 0.2) is 0 Å². The number of hydrogen-bond donors (Lipinski definition) is 1. The van der Waals surface area contributed by atoms with Crippen LogP contribution in [0.1, 0.15) is 31.1 Å². The molecule has 0 bridgehead atoms. The molecule has 0 fully saturated rings. The number of hydrogen-bond acceptors (Lipinski definition) is 4. The van der Waals surface area contributed by atoms with Crippen molar-refractivity contribution in [2.24, 2.45) is 0 Å². The smallest absolute Gasteiger partial charge is 0.266 e. The summed E-state index contributed by atoms with van der Waals surface area (Å²) in [5.41, 5.74) is 3.14. The van der Waals surface area contributed by atoms with Gasteiger partial charge in [-0.15, -0.1) is 0 Å². The predicted octanol–water partition coefficient (Wildman–Crippen LogP) is 3.81. The van der Waals surface area contributed by atoms with E-state index >= 15 is 0 Å². The molecule has 0 aromatic heterocycles. The van der Waals surface area contributed by atoms with Crippen molar-refractivity contribution in [2.75, 3.05) is 29.2 Å². The Kier molecular flexibility index (Phi) is 4.60. The van der Waals surface area contributed by atoms with Crippen molar-refractivity contribution in [3.05, 3.63) is 89.5 Å². The number of nitrogens with one attached hydrogen (secondary N) is 1. The number of rotatable bonds is 4. The van der Waals surface area contributed by atoms with E-state index in [0.717, 1.165) is 10.6 Å². The summed E-state index contributed by atoms with van der Waals surface area (Å²) < 4.78 is 0. The van der Waals surface area contributed by atoms with Crippen molar-refractivity contribution in [3.8, 4) is 0 Å². The molecule has 0 unspecified atom stereocenters. The van der Waals surface area contributed by atoms with Crippen LogP contribution < -0.4 is 15.1 Å². The molecule has 0 spiro atoms. The molecular formula is C23H19N3O3. The van der Waals surface area contributed by atoms with Gasteiger partial charge >= 0.3 is 0 Å². The van der Waals surface area contributed by atoms with Crippen molar-refractivity contribution in [2.45, 2.75) is 0 Å². The van der Waals surface area contributed by atoms with Crippen LogP contribution in [0.25, 0.3) is 0 Å². The highest BCUT2D eigenvalue weighted by molar-refractivity contribution is 6.34. The minimum absolute atomic E-state index is 0.318. The Hall–Kier alpha value is -3.93. The zero-order valence-corrected chi connectivity index (χ0v) is 16.0. The molecule has 3 aromatic rings. The summed E-state index contributed by atoms with van der Waals surface area (Å²) in [6, 6.07) is 20.6. The van der Waals surface area contributed by atoms with Crippen LogP contribution in [-0.4, -0.2) is 31.8 Å². The third kappa shape index (κ3) is 3.36. The molecule has 6 nitrogen and oxygen atoms in total. The molecule has 1 aliphatic rings. The minimum atomic E-state index is -0.387. The fourth-order valence-electron chi connectivity index (χ4n) is 3.26. The second-order valence-corrected chi connectivity index (χ2v) is 6.94. The molecule has 144 valence electrons.